The summed E-state index contributed by atoms with van der Waals surface area (Å²) < 4.78 is 7.34. The summed E-state index contributed by atoms with van der Waals surface area (Å²) in [4.78, 5) is 11.7. The summed E-state index contributed by atoms with van der Waals surface area (Å²) in [6.07, 6.45) is 2.77. The molecule has 20 heavy (non-hydrogen) atoms. The minimum Gasteiger partial charge on any atom is -0.385 e. The zero-order valence-electron chi connectivity index (χ0n) is 11.7. The van der Waals surface area contributed by atoms with Crippen LogP contribution in [0.3, 0.4) is 0 Å². The van der Waals surface area contributed by atoms with Crippen molar-refractivity contribution in [3.8, 4) is 10.7 Å². The van der Waals surface area contributed by atoms with Crippen LogP contribution in [-0.2, 0) is 11.3 Å². The monoisotopic (exact) mass is 287 g/mol. The second kappa shape index (κ2) is 5.73. The van der Waals surface area contributed by atoms with E-state index in [4.69, 9.17) is 9.72 Å². The van der Waals surface area contributed by atoms with Gasteiger partial charge >= 0.3 is 0 Å². The SMILES string of the molecule is COCCCn1c(-c2ccc(C)s2)nc2cccnc21. The molecule has 0 N–H and O–H groups in total. The highest BCUT2D eigenvalue weighted by molar-refractivity contribution is 7.15. The van der Waals surface area contributed by atoms with Gasteiger partial charge < -0.3 is 9.30 Å². The van der Waals surface area contributed by atoms with Crippen LogP contribution in [-0.4, -0.2) is 28.3 Å². The number of ether oxygens (including phenoxy) is 1. The molecule has 0 amide bonds. The molecule has 0 atom stereocenters. The number of hydrogen-bond acceptors (Lipinski definition) is 4. The molecule has 0 saturated heterocycles. The van der Waals surface area contributed by atoms with Crippen molar-refractivity contribution in [2.45, 2.75) is 19.9 Å². The lowest BCUT2D eigenvalue weighted by atomic mass is 10.4. The summed E-state index contributed by atoms with van der Waals surface area (Å²) in [7, 11) is 1.73. The summed E-state index contributed by atoms with van der Waals surface area (Å²) >= 11 is 1.77. The number of hydrogen-bond donors (Lipinski definition) is 0. The number of rotatable bonds is 5. The Bertz CT molecular complexity index is 717. The van der Waals surface area contributed by atoms with E-state index < -0.39 is 0 Å². The highest BCUT2D eigenvalue weighted by atomic mass is 32.1. The summed E-state index contributed by atoms with van der Waals surface area (Å²) in [5, 5.41) is 0. The first-order chi connectivity index (χ1) is 9.79. The molecule has 3 aromatic rings. The fourth-order valence-electron chi connectivity index (χ4n) is 2.28. The van der Waals surface area contributed by atoms with Crippen molar-refractivity contribution in [2.24, 2.45) is 0 Å². The van der Waals surface area contributed by atoms with Crippen LogP contribution in [0.15, 0.2) is 30.5 Å². The quantitative estimate of drug-likeness (QED) is 0.674. The Morgan fingerprint density at radius 2 is 2.20 bits per heavy atom. The Balaban J connectivity index is 2.07. The molecular weight excluding hydrogens is 270 g/mol. The van der Waals surface area contributed by atoms with Gasteiger partial charge in [0.05, 0.1) is 4.88 Å². The van der Waals surface area contributed by atoms with Crippen LogP contribution in [0.25, 0.3) is 21.9 Å². The summed E-state index contributed by atoms with van der Waals surface area (Å²) in [6, 6.07) is 8.21. The first kappa shape index (κ1) is 13.3. The van der Waals surface area contributed by atoms with Crippen molar-refractivity contribution in [3.63, 3.8) is 0 Å². The van der Waals surface area contributed by atoms with E-state index in [0.717, 1.165) is 36.6 Å². The molecule has 0 saturated carbocycles. The molecule has 0 aliphatic carbocycles. The molecule has 5 heteroatoms. The van der Waals surface area contributed by atoms with Crippen molar-refractivity contribution in [1.29, 1.82) is 0 Å². The van der Waals surface area contributed by atoms with Gasteiger partial charge in [-0.25, -0.2) is 9.97 Å². The van der Waals surface area contributed by atoms with Crippen molar-refractivity contribution < 1.29 is 4.74 Å². The summed E-state index contributed by atoms with van der Waals surface area (Å²) in [5.41, 5.74) is 1.90. The number of aromatic nitrogens is 3. The molecule has 0 unspecified atom stereocenters. The fourth-order valence-corrected chi connectivity index (χ4v) is 3.15. The lowest BCUT2D eigenvalue weighted by molar-refractivity contribution is 0.191. The highest BCUT2D eigenvalue weighted by Gasteiger charge is 2.14. The highest BCUT2D eigenvalue weighted by Crippen LogP contribution is 2.29. The van der Waals surface area contributed by atoms with Crippen LogP contribution in [0.4, 0.5) is 0 Å². The summed E-state index contributed by atoms with van der Waals surface area (Å²) in [5.74, 6) is 1.01. The van der Waals surface area contributed by atoms with Crippen LogP contribution in [0, 0.1) is 6.92 Å². The van der Waals surface area contributed by atoms with Crippen molar-refractivity contribution in [1.82, 2.24) is 14.5 Å². The van der Waals surface area contributed by atoms with Gasteiger partial charge in [-0.2, -0.15) is 0 Å². The molecule has 0 fully saturated rings. The molecule has 104 valence electrons. The predicted octanol–water partition coefficient (Wildman–Crippen LogP) is 3.50. The number of pyridine rings is 1. The molecule has 4 nitrogen and oxygen atoms in total. The lowest BCUT2D eigenvalue weighted by Gasteiger charge is -2.06. The Morgan fingerprint density at radius 3 is 2.95 bits per heavy atom. The number of aryl methyl sites for hydroxylation is 2. The largest absolute Gasteiger partial charge is 0.385 e. The van der Waals surface area contributed by atoms with Gasteiger partial charge in [-0.3, -0.25) is 0 Å². The van der Waals surface area contributed by atoms with Gasteiger partial charge in [0.15, 0.2) is 11.5 Å². The van der Waals surface area contributed by atoms with E-state index in [-0.39, 0.29) is 0 Å². The van der Waals surface area contributed by atoms with Gasteiger partial charge in [0, 0.05) is 31.3 Å². The Labute approximate surface area is 122 Å². The van der Waals surface area contributed by atoms with Crippen LogP contribution < -0.4 is 0 Å². The van der Waals surface area contributed by atoms with Gasteiger partial charge in [0.1, 0.15) is 5.52 Å². The Kier molecular flexibility index (Phi) is 3.80. The Morgan fingerprint density at radius 1 is 1.30 bits per heavy atom. The third-order valence-corrected chi connectivity index (χ3v) is 4.19. The molecule has 0 aliphatic heterocycles. The molecule has 3 heterocycles. The van der Waals surface area contributed by atoms with E-state index in [1.165, 1.54) is 9.75 Å². The van der Waals surface area contributed by atoms with E-state index in [0.29, 0.717) is 0 Å². The Hall–Kier alpha value is -1.72. The molecule has 3 rings (SSSR count). The maximum Gasteiger partial charge on any atom is 0.160 e. The maximum atomic E-state index is 5.15. The van der Waals surface area contributed by atoms with Crippen molar-refractivity contribution >= 4 is 22.5 Å². The van der Waals surface area contributed by atoms with Crippen molar-refractivity contribution in [2.75, 3.05) is 13.7 Å². The number of fused-ring (bicyclic) bond motifs is 1. The number of thiophene rings is 1. The van der Waals surface area contributed by atoms with Gasteiger partial charge in [-0.1, -0.05) is 0 Å². The normalized spacial score (nSPS) is 11.3. The van der Waals surface area contributed by atoms with Gasteiger partial charge in [0.25, 0.3) is 0 Å². The first-order valence-corrected chi connectivity index (χ1v) is 7.48. The lowest BCUT2D eigenvalue weighted by Crippen LogP contribution is -2.03. The molecule has 0 bridgehead atoms. The number of methoxy groups -OCH3 is 1. The van der Waals surface area contributed by atoms with Crippen LogP contribution >= 0.6 is 11.3 Å². The fraction of sp³-hybridized carbons (Fsp3) is 0.333. The molecule has 0 aromatic carbocycles. The van der Waals surface area contributed by atoms with Crippen LogP contribution in [0.2, 0.25) is 0 Å². The maximum absolute atomic E-state index is 5.15. The van der Waals surface area contributed by atoms with Gasteiger partial charge in [0.2, 0.25) is 0 Å². The molecular formula is C15H17N3OS. The standard InChI is InChI=1S/C15H17N3OS/c1-11-6-7-13(20-11)15-17-12-5-3-8-16-14(12)18(15)9-4-10-19-2/h3,5-8H,4,9-10H2,1-2H3. The summed E-state index contributed by atoms with van der Waals surface area (Å²) in [6.45, 7) is 3.73. The molecule has 0 spiro atoms. The van der Waals surface area contributed by atoms with E-state index in [1.54, 1.807) is 18.4 Å². The first-order valence-electron chi connectivity index (χ1n) is 6.66. The van der Waals surface area contributed by atoms with E-state index in [1.807, 2.05) is 18.3 Å². The average molecular weight is 287 g/mol. The van der Waals surface area contributed by atoms with Gasteiger partial charge in [-0.15, -0.1) is 11.3 Å². The van der Waals surface area contributed by atoms with E-state index in [2.05, 4.69) is 28.6 Å². The zero-order chi connectivity index (χ0) is 13.9. The minimum absolute atomic E-state index is 0.745. The smallest absolute Gasteiger partial charge is 0.160 e. The molecule has 3 aromatic heterocycles. The second-order valence-corrected chi connectivity index (χ2v) is 5.98. The number of nitrogens with zero attached hydrogens (tertiary/aromatic N) is 3. The zero-order valence-corrected chi connectivity index (χ0v) is 12.5. The van der Waals surface area contributed by atoms with E-state index >= 15 is 0 Å². The van der Waals surface area contributed by atoms with Crippen molar-refractivity contribution in [3.05, 3.63) is 35.3 Å². The van der Waals surface area contributed by atoms with E-state index in [9.17, 15) is 0 Å². The minimum atomic E-state index is 0.745. The average Bonchev–Trinajstić information content (AvgIpc) is 3.03. The third kappa shape index (κ3) is 2.46. The number of imidazole rings is 1. The second-order valence-electron chi connectivity index (χ2n) is 4.69. The molecule has 0 radical (unpaired) electrons. The van der Waals surface area contributed by atoms with Gasteiger partial charge in [-0.05, 0) is 37.6 Å². The third-order valence-electron chi connectivity index (χ3n) is 3.19. The predicted molar refractivity (Wildman–Crippen MR) is 82.1 cm³/mol. The molecule has 0 aliphatic rings. The topological polar surface area (TPSA) is 39.9 Å². The van der Waals surface area contributed by atoms with Crippen LogP contribution in [0.1, 0.15) is 11.3 Å². The van der Waals surface area contributed by atoms with Crippen LogP contribution in [0.5, 0.6) is 0 Å².